The summed E-state index contributed by atoms with van der Waals surface area (Å²) < 4.78 is 0.856. The first-order valence-corrected chi connectivity index (χ1v) is 7.25. The van der Waals surface area contributed by atoms with Gasteiger partial charge in [-0.3, -0.25) is 4.79 Å². The van der Waals surface area contributed by atoms with Crippen LogP contribution in [-0.4, -0.2) is 27.4 Å². The van der Waals surface area contributed by atoms with Gasteiger partial charge in [0.2, 0.25) is 5.91 Å². The minimum atomic E-state index is -0.0893. The van der Waals surface area contributed by atoms with Crippen LogP contribution in [0.2, 0.25) is 0 Å². The molecule has 1 atom stereocenters. The normalized spacial score (nSPS) is 18.6. The number of carbonyl (C=O) groups is 1. The van der Waals surface area contributed by atoms with Crippen LogP contribution in [0.3, 0.4) is 0 Å². The lowest BCUT2D eigenvalue weighted by Gasteiger charge is -2.15. The Balaban J connectivity index is 1.79. The fourth-order valence-electron chi connectivity index (χ4n) is 1.81. The van der Waals surface area contributed by atoms with Crippen molar-refractivity contribution in [2.24, 2.45) is 0 Å². The maximum absolute atomic E-state index is 11.8. The highest BCUT2D eigenvalue weighted by Gasteiger charge is 2.21. The van der Waals surface area contributed by atoms with E-state index < -0.39 is 0 Å². The standard InChI is InChI=1S/C10H15N3OS2/c1-7(16-10-13-11-6-15-10)9(14)12-8-4-2-3-5-8/h6-8H,2-5H2,1H3,(H,12,14). The van der Waals surface area contributed by atoms with E-state index in [1.807, 2.05) is 6.92 Å². The summed E-state index contributed by atoms with van der Waals surface area (Å²) in [6.45, 7) is 1.91. The summed E-state index contributed by atoms with van der Waals surface area (Å²) in [5.74, 6) is 0.118. The van der Waals surface area contributed by atoms with Crippen LogP contribution < -0.4 is 5.32 Å². The molecule has 1 saturated carbocycles. The molecule has 0 radical (unpaired) electrons. The van der Waals surface area contributed by atoms with E-state index in [9.17, 15) is 4.79 Å². The number of amides is 1. The van der Waals surface area contributed by atoms with Gasteiger partial charge in [0, 0.05) is 6.04 Å². The number of aromatic nitrogens is 2. The molecule has 0 bridgehead atoms. The molecule has 1 aliphatic carbocycles. The molecule has 1 aromatic rings. The summed E-state index contributed by atoms with van der Waals surface area (Å²) in [5.41, 5.74) is 1.68. The zero-order chi connectivity index (χ0) is 11.4. The Morgan fingerprint density at radius 2 is 2.38 bits per heavy atom. The van der Waals surface area contributed by atoms with Gasteiger partial charge in [0.1, 0.15) is 5.51 Å². The van der Waals surface area contributed by atoms with E-state index in [-0.39, 0.29) is 11.2 Å². The molecule has 1 amide bonds. The summed E-state index contributed by atoms with van der Waals surface area (Å²) >= 11 is 2.95. The molecule has 1 unspecified atom stereocenters. The Morgan fingerprint density at radius 3 is 3.00 bits per heavy atom. The van der Waals surface area contributed by atoms with Gasteiger partial charge in [-0.05, 0) is 19.8 Å². The molecule has 1 fully saturated rings. The number of rotatable bonds is 4. The third kappa shape index (κ3) is 3.18. The van der Waals surface area contributed by atoms with E-state index in [2.05, 4.69) is 15.5 Å². The molecular weight excluding hydrogens is 242 g/mol. The predicted octanol–water partition coefficient (Wildman–Crippen LogP) is 2.08. The van der Waals surface area contributed by atoms with Crippen molar-refractivity contribution in [1.82, 2.24) is 15.5 Å². The zero-order valence-corrected chi connectivity index (χ0v) is 10.8. The fraction of sp³-hybridized carbons (Fsp3) is 0.700. The lowest BCUT2D eigenvalue weighted by atomic mass is 10.2. The van der Waals surface area contributed by atoms with E-state index in [1.165, 1.54) is 35.9 Å². The molecule has 2 rings (SSSR count). The Kier molecular flexibility index (Phi) is 4.17. The highest BCUT2D eigenvalue weighted by atomic mass is 32.2. The number of carbonyl (C=O) groups excluding carboxylic acids is 1. The number of hydrogen-bond acceptors (Lipinski definition) is 5. The van der Waals surface area contributed by atoms with Crippen LogP contribution in [0.1, 0.15) is 32.6 Å². The van der Waals surface area contributed by atoms with Crippen molar-refractivity contribution in [3.8, 4) is 0 Å². The second-order valence-corrected chi connectivity index (χ2v) is 6.38. The zero-order valence-electron chi connectivity index (χ0n) is 9.18. The summed E-state index contributed by atoms with van der Waals surface area (Å²) in [6, 6.07) is 0.393. The predicted molar refractivity (Wildman–Crippen MR) is 65.6 cm³/mol. The highest BCUT2D eigenvalue weighted by molar-refractivity contribution is 8.02. The lowest BCUT2D eigenvalue weighted by molar-refractivity contribution is -0.120. The molecule has 16 heavy (non-hydrogen) atoms. The summed E-state index contributed by atoms with van der Waals surface area (Å²) in [6.07, 6.45) is 4.73. The van der Waals surface area contributed by atoms with Crippen LogP contribution in [0.4, 0.5) is 0 Å². The average molecular weight is 257 g/mol. The Morgan fingerprint density at radius 1 is 1.62 bits per heavy atom. The van der Waals surface area contributed by atoms with Crippen LogP contribution in [0.5, 0.6) is 0 Å². The third-order valence-corrected chi connectivity index (χ3v) is 4.60. The molecular formula is C10H15N3OS2. The minimum Gasteiger partial charge on any atom is -0.352 e. The Bertz CT molecular complexity index is 336. The van der Waals surface area contributed by atoms with E-state index in [1.54, 1.807) is 5.51 Å². The molecule has 0 saturated heterocycles. The van der Waals surface area contributed by atoms with Gasteiger partial charge in [0.05, 0.1) is 5.25 Å². The first-order chi connectivity index (χ1) is 7.75. The van der Waals surface area contributed by atoms with Gasteiger partial charge < -0.3 is 5.32 Å². The quantitative estimate of drug-likeness (QED) is 0.839. The van der Waals surface area contributed by atoms with E-state index in [0.29, 0.717) is 6.04 Å². The molecule has 1 N–H and O–H groups in total. The van der Waals surface area contributed by atoms with Crippen molar-refractivity contribution in [2.45, 2.75) is 48.2 Å². The van der Waals surface area contributed by atoms with Gasteiger partial charge in [-0.2, -0.15) is 0 Å². The molecule has 0 aliphatic heterocycles. The number of thioether (sulfide) groups is 1. The number of hydrogen-bond donors (Lipinski definition) is 1. The highest BCUT2D eigenvalue weighted by Crippen LogP contribution is 2.25. The Hall–Kier alpha value is -0.620. The van der Waals surface area contributed by atoms with Gasteiger partial charge in [0.15, 0.2) is 4.34 Å². The molecule has 6 heteroatoms. The van der Waals surface area contributed by atoms with Gasteiger partial charge in [-0.25, -0.2) is 0 Å². The van der Waals surface area contributed by atoms with Crippen LogP contribution in [0.15, 0.2) is 9.85 Å². The van der Waals surface area contributed by atoms with Crippen molar-refractivity contribution in [2.75, 3.05) is 0 Å². The second-order valence-electron chi connectivity index (χ2n) is 3.95. The number of nitrogens with one attached hydrogen (secondary N) is 1. The van der Waals surface area contributed by atoms with Crippen LogP contribution in [0.25, 0.3) is 0 Å². The van der Waals surface area contributed by atoms with Crippen molar-refractivity contribution in [3.63, 3.8) is 0 Å². The molecule has 0 spiro atoms. The molecule has 0 aromatic carbocycles. The van der Waals surface area contributed by atoms with Gasteiger partial charge in [-0.15, -0.1) is 10.2 Å². The van der Waals surface area contributed by atoms with Crippen LogP contribution in [-0.2, 0) is 4.79 Å². The molecule has 4 nitrogen and oxygen atoms in total. The van der Waals surface area contributed by atoms with Gasteiger partial charge in [-0.1, -0.05) is 35.9 Å². The Labute approximate surface area is 103 Å². The molecule has 1 heterocycles. The topological polar surface area (TPSA) is 54.9 Å². The van der Waals surface area contributed by atoms with Crippen molar-refractivity contribution in [1.29, 1.82) is 0 Å². The smallest absolute Gasteiger partial charge is 0.233 e. The van der Waals surface area contributed by atoms with Crippen LogP contribution in [0, 0.1) is 0 Å². The monoisotopic (exact) mass is 257 g/mol. The van der Waals surface area contributed by atoms with Crippen molar-refractivity contribution in [3.05, 3.63) is 5.51 Å². The maximum Gasteiger partial charge on any atom is 0.233 e. The first kappa shape index (κ1) is 11.9. The summed E-state index contributed by atoms with van der Waals surface area (Å²) in [4.78, 5) is 11.8. The maximum atomic E-state index is 11.8. The van der Waals surface area contributed by atoms with Crippen molar-refractivity contribution >= 4 is 29.0 Å². The third-order valence-electron chi connectivity index (χ3n) is 2.69. The van der Waals surface area contributed by atoms with Gasteiger partial charge >= 0.3 is 0 Å². The minimum absolute atomic E-state index is 0.0893. The summed E-state index contributed by atoms with van der Waals surface area (Å²) in [7, 11) is 0. The largest absolute Gasteiger partial charge is 0.352 e. The van der Waals surface area contributed by atoms with E-state index in [4.69, 9.17) is 0 Å². The number of nitrogens with zero attached hydrogens (tertiary/aromatic N) is 2. The fourth-order valence-corrected chi connectivity index (χ4v) is 3.44. The lowest BCUT2D eigenvalue weighted by Crippen LogP contribution is -2.37. The van der Waals surface area contributed by atoms with E-state index in [0.717, 1.165) is 17.2 Å². The van der Waals surface area contributed by atoms with E-state index >= 15 is 0 Å². The average Bonchev–Trinajstić information content (AvgIpc) is 2.90. The van der Waals surface area contributed by atoms with Crippen LogP contribution >= 0.6 is 23.1 Å². The van der Waals surface area contributed by atoms with Crippen molar-refractivity contribution < 1.29 is 4.79 Å². The molecule has 88 valence electrons. The second kappa shape index (κ2) is 5.63. The summed E-state index contributed by atoms with van der Waals surface area (Å²) in [5, 5.41) is 10.7. The first-order valence-electron chi connectivity index (χ1n) is 5.49. The molecule has 1 aromatic heterocycles. The SMILES string of the molecule is CC(Sc1nncs1)C(=O)NC1CCCC1. The van der Waals surface area contributed by atoms with Gasteiger partial charge in [0.25, 0.3) is 0 Å². The molecule has 1 aliphatic rings.